The van der Waals surface area contributed by atoms with Crippen molar-refractivity contribution in [1.29, 1.82) is 0 Å². The Hall–Kier alpha value is -3.95. The molecule has 0 unspecified atom stereocenters. The molecule has 2 aromatic carbocycles. The van der Waals surface area contributed by atoms with E-state index in [1.54, 1.807) is 23.0 Å². The van der Waals surface area contributed by atoms with Gasteiger partial charge in [-0.1, -0.05) is 41.4 Å². The summed E-state index contributed by atoms with van der Waals surface area (Å²) in [5.41, 5.74) is 4.31. The van der Waals surface area contributed by atoms with Crippen molar-refractivity contribution in [3.63, 3.8) is 0 Å². The van der Waals surface area contributed by atoms with Gasteiger partial charge < -0.3 is 16.0 Å². The highest BCUT2D eigenvalue weighted by molar-refractivity contribution is 7.18. The number of carbonyl (C=O) groups excluding carboxylic acids is 3. The van der Waals surface area contributed by atoms with Crippen LogP contribution in [0, 0.1) is 6.92 Å². The Morgan fingerprint density at radius 3 is 2.36 bits per heavy atom. The Kier molecular flexibility index (Phi) is 7.54. The minimum Gasteiger partial charge on any atom is -0.343 e. The summed E-state index contributed by atoms with van der Waals surface area (Å²) >= 11 is 7.71. The van der Waals surface area contributed by atoms with Crippen molar-refractivity contribution in [1.82, 2.24) is 20.4 Å². The van der Waals surface area contributed by atoms with Crippen LogP contribution in [0.4, 0.5) is 5.69 Å². The first-order valence-electron chi connectivity index (χ1n) is 12.6. The van der Waals surface area contributed by atoms with E-state index in [0.29, 0.717) is 20.5 Å². The van der Waals surface area contributed by atoms with E-state index in [2.05, 4.69) is 21.0 Å². The summed E-state index contributed by atoms with van der Waals surface area (Å²) in [6.45, 7) is 1.80. The van der Waals surface area contributed by atoms with Crippen LogP contribution in [-0.2, 0) is 17.4 Å². The summed E-state index contributed by atoms with van der Waals surface area (Å²) < 4.78 is 2.27. The summed E-state index contributed by atoms with van der Waals surface area (Å²) in [6, 6.07) is 18.3. The summed E-state index contributed by atoms with van der Waals surface area (Å²) in [7, 11) is 1.83. The second-order valence-electron chi connectivity index (χ2n) is 9.70. The van der Waals surface area contributed by atoms with Crippen molar-refractivity contribution in [2.24, 2.45) is 7.05 Å². The smallest absolute Gasteiger partial charge is 0.262 e. The number of aromatic nitrogens is 2. The molecule has 0 bridgehead atoms. The molecule has 0 radical (unpaired) electrons. The lowest BCUT2D eigenvalue weighted by Gasteiger charge is -2.43. The van der Waals surface area contributed by atoms with Gasteiger partial charge in [0.05, 0.1) is 22.7 Å². The maximum atomic E-state index is 13.2. The van der Waals surface area contributed by atoms with Crippen LogP contribution in [0.2, 0.25) is 4.34 Å². The molecular formula is C29H28ClN5O3S. The fourth-order valence-corrected chi connectivity index (χ4v) is 5.82. The highest BCUT2D eigenvalue weighted by Gasteiger charge is 2.40. The summed E-state index contributed by atoms with van der Waals surface area (Å²) in [5.74, 6) is -0.798. The van der Waals surface area contributed by atoms with Gasteiger partial charge in [-0.05, 0) is 68.1 Å². The Morgan fingerprint density at radius 1 is 1.03 bits per heavy atom. The van der Waals surface area contributed by atoms with E-state index in [0.717, 1.165) is 41.6 Å². The van der Waals surface area contributed by atoms with Crippen molar-refractivity contribution in [2.45, 2.75) is 31.7 Å². The van der Waals surface area contributed by atoms with Gasteiger partial charge >= 0.3 is 0 Å². The zero-order valence-electron chi connectivity index (χ0n) is 21.6. The van der Waals surface area contributed by atoms with Gasteiger partial charge in [0.25, 0.3) is 11.8 Å². The summed E-state index contributed by atoms with van der Waals surface area (Å²) in [5, 5.41) is 12.9. The van der Waals surface area contributed by atoms with E-state index in [1.807, 2.05) is 62.5 Å². The van der Waals surface area contributed by atoms with Crippen molar-refractivity contribution >= 4 is 46.3 Å². The van der Waals surface area contributed by atoms with Gasteiger partial charge in [-0.3, -0.25) is 19.1 Å². The second kappa shape index (κ2) is 11.0. The molecule has 2 heterocycles. The highest BCUT2D eigenvalue weighted by atomic mass is 35.5. The molecule has 39 heavy (non-hydrogen) atoms. The number of amides is 3. The molecule has 1 fully saturated rings. The number of rotatable bonds is 8. The Morgan fingerprint density at radius 2 is 1.74 bits per heavy atom. The Labute approximate surface area is 235 Å². The zero-order chi connectivity index (χ0) is 27.6. The average molecular weight is 562 g/mol. The molecule has 0 aliphatic heterocycles. The molecule has 200 valence electrons. The molecule has 1 aliphatic rings. The number of benzene rings is 2. The minimum atomic E-state index is -0.467. The highest BCUT2D eigenvalue weighted by Crippen LogP contribution is 2.43. The Bertz CT molecular complexity index is 1520. The predicted molar refractivity (Wildman–Crippen MR) is 153 cm³/mol. The monoisotopic (exact) mass is 561 g/mol. The van der Waals surface area contributed by atoms with E-state index in [4.69, 9.17) is 11.6 Å². The van der Waals surface area contributed by atoms with E-state index >= 15 is 0 Å². The Balaban J connectivity index is 1.20. The van der Waals surface area contributed by atoms with Crippen molar-refractivity contribution in [2.75, 3.05) is 11.9 Å². The van der Waals surface area contributed by atoms with Crippen LogP contribution in [0.15, 0.2) is 66.9 Å². The lowest BCUT2D eigenvalue weighted by molar-refractivity contribution is -0.115. The number of aryl methyl sites for hydroxylation is 2. The number of carbonyl (C=O) groups is 3. The molecule has 10 heteroatoms. The number of halogens is 1. The quantitative estimate of drug-likeness (QED) is 0.272. The summed E-state index contributed by atoms with van der Waals surface area (Å²) in [6.07, 6.45) is 4.34. The second-order valence-corrected chi connectivity index (χ2v) is 11.4. The van der Waals surface area contributed by atoms with E-state index < -0.39 is 5.54 Å². The topological polar surface area (TPSA) is 105 Å². The predicted octanol–water partition coefficient (Wildman–Crippen LogP) is 5.29. The lowest BCUT2D eigenvalue weighted by Crippen LogP contribution is -2.50. The molecule has 0 spiro atoms. The fraction of sp³-hybridized carbons (Fsp3) is 0.241. The first kappa shape index (κ1) is 26.6. The third kappa shape index (κ3) is 5.74. The third-order valence-corrected chi connectivity index (χ3v) is 8.37. The van der Waals surface area contributed by atoms with Crippen LogP contribution in [0.3, 0.4) is 0 Å². The molecule has 2 aromatic heterocycles. The molecule has 5 rings (SSSR count). The number of hydrogen-bond donors (Lipinski definition) is 3. The van der Waals surface area contributed by atoms with Crippen LogP contribution >= 0.6 is 22.9 Å². The fourth-order valence-electron chi connectivity index (χ4n) is 4.63. The third-order valence-electron chi connectivity index (χ3n) is 7.01. The number of hydrogen-bond acceptors (Lipinski definition) is 5. The van der Waals surface area contributed by atoms with E-state index in [9.17, 15) is 14.4 Å². The lowest BCUT2D eigenvalue weighted by atomic mass is 9.71. The number of nitrogens with one attached hydrogen (secondary N) is 3. The van der Waals surface area contributed by atoms with Crippen LogP contribution in [0.5, 0.6) is 0 Å². The van der Waals surface area contributed by atoms with Gasteiger partial charge in [0, 0.05) is 30.1 Å². The first-order valence-corrected chi connectivity index (χ1v) is 13.8. The van der Waals surface area contributed by atoms with Crippen LogP contribution in [0.25, 0.3) is 11.3 Å². The number of anilines is 1. The largest absolute Gasteiger partial charge is 0.343 e. The molecule has 0 atom stereocenters. The number of thiophene rings is 1. The average Bonchev–Trinajstić information content (AvgIpc) is 3.50. The molecule has 8 nitrogen and oxygen atoms in total. The minimum absolute atomic E-state index is 0.140. The van der Waals surface area contributed by atoms with Gasteiger partial charge in [-0.25, -0.2) is 0 Å². The van der Waals surface area contributed by atoms with Crippen LogP contribution in [-0.4, -0.2) is 34.0 Å². The SMILES string of the molecule is Cc1ccc(C(=O)NCC(=O)Nc2ccc(C3(NC(=O)c4cc(-c5ccnn5C)c(Cl)s4)CCC3)cc2)cc1. The number of nitrogens with zero attached hydrogens (tertiary/aromatic N) is 2. The molecule has 1 saturated carbocycles. The van der Waals surface area contributed by atoms with Gasteiger partial charge in [0.15, 0.2) is 0 Å². The van der Waals surface area contributed by atoms with Crippen molar-refractivity contribution in [3.8, 4) is 11.3 Å². The van der Waals surface area contributed by atoms with Gasteiger partial charge in [0.2, 0.25) is 5.91 Å². The normalized spacial score (nSPS) is 13.8. The standard InChI is InChI=1S/C29H28ClN5O3S/c1-18-4-6-19(7-5-18)27(37)31-17-25(36)33-21-10-8-20(9-11-21)29(13-3-14-29)34-28(38)24-16-22(26(30)39-24)23-12-15-32-35(23)2/h4-12,15-16H,3,13-14,17H2,1-2H3,(H,31,37)(H,33,36)(H,34,38). The van der Waals surface area contributed by atoms with Gasteiger partial charge in [0.1, 0.15) is 4.34 Å². The van der Waals surface area contributed by atoms with Gasteiger partial charge in [-0.15, -0.1) is 11.3 Å². The zero-order valence-corrected chi connectivity index (χ0v) is 23.2. The molecule has 0 saturated heterocycles. The molecule has 1 aliphatic carbocycles. The van der Waals surface area contributed by atoms with Crippen LogP contribution < -0.4 is 16.0 Å². The van der Waals surface area contributed by atoms with Crippen molar-refractivity contribution < 1.29 is 14.4 Å². The van der Waals surface area contributed by atoms with Gasteiger partial charge in [-0.2, -0.15) is 5.10 Å². The molecule has 3 N–H and O–H groups in total. The first-order chi connectivity index (χ1) is 18.7. The molecular weight excluding hydrogens is 534 g/mol. The molecule has 3 amide bonds. The van der Waals surface area contributed by atoms with Crippen molar-refractivity contribution in [3.05, 3.63) is 92.8 Å². The molecule has 4 aromatic rings. The maximum absolute atomic E-state index is 13.2. The van der Waals surface area contributed by atoms with E-state index in [1.165, 1.54) is 11.3 Å². The van der Waals surface area contributed by atoms with E-state index in [-0.39, 0.29) is 24.3 Å². The van der Waals surface area contributed by atoms with Crippen LogP contribution in [0.1, 0.15) is 50.4 Å². The maximum Gasteiger partial charge on any atom is 0.262 e. The summed E-state index contributed by atoms with van der Waals surface area (Å²) in [4.78, 5) is 38.4.